The average molecular weight is 308 g/mol. The second kappa shape index (κ2) is 6.06. The fourth-order valence-electron chi connectivity index (χ4n) is 1.62. The average Bonchev–Trinajstić information content (AvgIpc) is 2.79. The Morgan fingerprint density at radius 2 is 1.95 bits per heavy atom. The van der Waals surface area contributed by atoms with Crippen molar-refractivity contribution in [2.45, 2.75) is 11.8 Å². The van der Waals surface area contributed by atoms with E-state index in [9.17, 15) is 9.59 Å². The predicted octanol–water partition coefficient (Wildman–Crippen LogP) is 3.12. The lowest BCUT2D eigenvalue weighted by Crippen LogP contribution is -2.13. The molecule has 0 saturated carbocycles. The standard InChI is InChI=1S/C13H12N2O3S2/c1-7-10(13(17)18)12(20-15-7)14-11(16)8-3-5-9(19-2)6-4-8/h3-6H,1-2H3,(H,14,16)(H,17,18). The largest absolute Gasteiger partial charge is 0.478 e. The molecule has 1 heterocycles. The minimum absolute atomic E-state index is 0.0454. The molecule has 20 heavy (non-hydrogen) atoms. The van der Waals surface area contributed by atoms with E-state index in [1.165, 1.54) is 0 Å². The van der Waals surface area contributed by atoms with Gasteiger partial charge in [0.1, 0.15) is 10.6 Å². The van der Waals surface area contributed by atoms with Gasteiger partial charge < -0.3 is 10.4 Å². The van der Waals surface area contributed by atoms with Crippen LogP contribution in [0, 0.1) is 6.92 Å². The second-order valence-electron chi connectivity index (χ2n) is 3.96. The molecule has 2 rings (SSSR count). The molecule has 0 radical (unpaired) electrons. The number of carbonyl (C=O) groups is 2. The lowest BCUT2D eigenvalue weighted by atomic mass is 10.2. The summed E-state index contributed by atoms with van der Waals surface area (Å²) in [5, 5.41) is 12.0. The number of hydrogen-bond acceptors (Lipinski definition) is 5. The molecule has 0 aliphatic rings. The molecule has 0 atom stereocenters. The number of carbonyl (C=O) groups excluding carboxylic acids is 1. The highest BCUT2D eigenvalue weighted by molar-refractivity contribution is 7.98. The Morgan fingerprint density at radius 1 is 1.30 bits per heavy atom. The van der Waals surface area contributed by atoms with E-state index in [0.29, 0.717) is 11.3 Å². The van der Waals surface area contributed by atoms with Crippen molar-refractivity contribution < 1.29 is 14.7 Å². The van der Waals surface area contributed by atoms with Crippen LogP contribution in [0.2, 0.25) is 0 Å². The number of rotatable bonds is 4. The van der Waals surface area contributed by atoms with Crippen LogP contribution in [0.15, 0.2) is 29.2 Å². The molecule has 5 nitrogen and oxygen atoms in total. The molecule has 0 spiro atoms. The Morgan fingerprint density at radius 3 is 2.50 bits per heavy atom. The SMILES string of the molecule is CSc1ccc(C(=O)Nc2snc(C)c2C(=O)O)cc1. The molecule has 1 amide bonds. The third kappa shape index (κ3) is 3.00. The molecule has 0 saturated heterocycles. The lowest BCUT2D eigenvalue weighted by molar-refractivity contribution is 0.0697. The van der Waals surface area contributed by atoms with Crippen molar-refractivity contribution in [2.24, 2.45) is 0 Å². The van der Waals surface area contributed by atoms with Crippen LogP contribution < -0.4 is 5.32 Å². The number of aromatic carboxylic acids is 1. The highest BCUT2D eigenvalue weighted by Crippen LogP contribution is 2.25. The molecule has 0 unspecified atom stereocenters. The zero-order valence-corrected chi connectivity index (χ0v) is 12.5. The summed E-state index contributed by atoms with van der Waals surface area (Å²) in [7, 11) is 0. The Hall–Kier alpha value is -1.86. The summed E-state index contributed by atoms with van der Waals surface area (Å²) in [5.74, 6) is -1.44. The van der Waals surface area contributed by atoms with Crippen molar-refractivity contribution >= 4 is 40.2 Å². The highest BCUT2D eigenvalue weighted by atomic mass is 32.2. The van der Waals surface area contributed by atoms with Crippen molar-refractivity contribution in [1.82, 2.24) is 4.37 Å². The Balaban J connectivity index is 2.21. The highest BCUT2D eigenvalue weighted by Gasteiger charge is 2.19. The maximum absolute atomic E-state index is 12.1. The molecule has 2 aromatic rings. The van der Waals surface area contributed by atoms with Gasteiger partial charge >= 0.3 is 5.97 Å². The lowest BCUT2D eigenvalue weighted by Gasteiger charge is -2.04. The van der Waals surface area contributed by atoms with Gasteiger partial charge in [-0.15, -0.1) is 11.8 Å². The summed E-state index contributed by atoms with van der Waals surface area (Å²) in [4.78, 5) is 24.2. The van der Waals surface area contributed by atoms with Crippen molar-refractivity contribution in [2.75, 3.05) is 11.6 Å². The molecule has 1 aromatic heterocycles. The number of aromatic nitrogens is 1. The van der Waals surface area contributed by atoms with E-state index in [4.69, 9.17) is 5.11 Å². The second-order valence-corrected chi connectivity index (χ2v) is 5.61. The summed E-state index contributed by atoms with van der Waals surface area (Å²) in [6.45, 7) is 1.60. The van der Waals surface area contributed by atoms with Gasteiger partial charge in [-0.25, -0.2) is 4.79 Å². The number of aryl methyl sites for hydroxylation is 1. The zero-order valence-electron chi connectivity index (χ0n) is 10.8. The van der Waals surface area contributed by atoms with E-state index < -0.39 is 5.97 Å². The van der Waals surface area contributed by atoms with Gasteiger partial charge in [-0.1, -0.05) is 0 Å². The zero-order chi connectivity index (χ0) is 14.7. The number of carboxylic acids is 1. The third-order valence-corrected chi connectivity index (χ3v) is 4.25. The first kappa shape index (κ1) is 14.5. The molecule has 0 bridgehead atoms. The normalized spacial score (nSPS) is 10.3. The summed E-state index contributed by atoms with van der Waals surface area (Å²) in [6, 6.07) is 7.09. The van der Waals surface area contributed by atoms with Crippen molar-refractivity contribution in [3.05, 3.63) is 41.1 Å². The number of thioether (sulfide) groups is 1. The molecule has 1 aromatic carbocycles. The number of hydrogen-bond donors (Lipinski definition) is 2. The molecular formula is C13H12N2O3S2. The molecule has 2 N–H and O–H groups in total. The van der Waals surface area contributed by atoms with Crippen LogP contribution >= 0.6 is 23.3 Å². The van der Waals surface area contributed by atoms with Crippen molar-refractivity contribution in [3.8, 4) is 0 Å². The maximum atomic E-state index is 12.1. The van der Waals surface area contributed by atoms with Crippen molar-refractivity contribution in [3.63, 3.8) is 0 Å². The van der Waals surface area contributed by atoms with Gasteiger partial charge in [0.25, 0.3) is 5.91 Å². The van der Waals surface area contributed by atoms with Crippen LogP contribution in [0.5, 0.6) is 0 Å². The first-order chi connectivity index (χ1) is 9.52. The molecule has 0 aliphatic heterocycles. The van der Waals surface area contributed by atoms with Crippen LogP contribution in [0.3, 0.4) is 0 Å². The minimum Gasteiger partial charge on any atom is -0.478 e. The molecule has 104 valence electrons. The number of amides is 1. The van der Waals surface area contributed by atoms with Crippen molar-refractivity contribution in [1.29, 1.82) is 0 Å². The molecule has 0 fully saturated rings. The summed E-state index contributed by atoms with van der Waals surface area (Å²) in [5.41, 5.74) is 0.921. The summed E-state index contributed by atoms with van der Waals surface area (Å²) < 4.78 is 3.95. The van der Waals surface area contributed by atoms with Crippen LogP contribution in [0.1, 0.15) is 26.4 Å². The Kier molecular flexibility index (Phi) is 4.41. The Bertz CT molecular complexity index is 650. The van der Waals surface area contributed by atoms with Gasteiger partial charge in [0.15, 0.2) is 0 Å². The first-order valence-electron chi connectivity index (χ1n) is 5.68. The number of benzene rings is 1. The van der Waals surface area contributed by atoms with E-state index in [-0.39, 0.29) is 16.5 Å². The summed E-state index contributed by atoms with van der Waals surface area (Å²) >= 11 is 2.55. The molecular weight excluding hydrogens is 296 g/mol. The number of carboxylic acid groups (broad SMARTS) is 1. The van der Waals surface area contributed by atoms with Crippen LogP contribution in [-0.4, -0.2) is 27.6 Å². The fourth-order valence-corrected chi connectivity index (χ4v) is 2.82. The van der Waals surface area contributed by atoms with E-state index >= 15 is 0 Å². The van der Waals surface area contributed by atoms with Gasteiger partial charge in [0.05, 0.1) is 5.69 Å². The van der Waals surface area contributed by atoms with Crippen LogP contribution in [-0.2, 0) is 0 Å². The van der Waals surface area contributed by atoms with Gasteiger partial charge in [-0.3, -0.25) is 4.79 Å². The van der Waals surface area contributed by atoms with E-state index in [1.54, 1.807) is 30.8 Å². The molecule has 0 aliphatic carbocycles. The first-order valence-corrected chi connectivity index (χ1v) is 7.67. The van der Waals surface area contributed by atoms with E-state index in [2.05, 4.69) is 9.69 Å². The van der Waals surface area contributed by atoms with Crippen LogP contribution in [0.4, 0.5) is 5.00 Å². The number of nitrogens with zero attached hydrogens (tertiary/aromatic N) is 1. The Labute approximate surface area is 124 Å². The smallest absolute Gasteiger partial charge is 0.340 e. The van der Waals surface area contributed by atoms with Gasteiger partial charge in [0, 0.05) is 10.5 Å². The number of anilines is 1. The molecule has 7 heteroatoms. The fraction of sp³-hybridized carbons (Fsp3) is 0.154. The van der Waals surface area contributed by atoms with Crippen LogP contribution in [0.25, 0.3) is 0 Å². The van der Waals surface area contributed by atoms with Gasteiger partial charge in [-0.05, 0) is 49.0 Å². The van der Waals surface area contributed by atoms with E-state index in [1.807, 2.05) is 18.4 Å². The number of nitrogens with one attached hydrogen (secondary N) is 1. The maximum Gasteiger partial charge on any atom is 0.340 e. The van der Waals surface area contributed by atoms with E-state index in [0.717, 1.165) is 16.4 Å². The predicted molar refractivity (Wildman–Crippen MR) is 80.0 cm³/mol. The monoisotopic (exact) mass is 308 g/mol. The van der Waals surface area contributed by atoms with Gasteiger partial charge in [-0.2, -0.15) is 4.37 Å². The third-order valence-electron chi connectivity index (χ3n) is 2.66. The minimum atomic E-state index is -1.09. The van der Waals surface area contributed by atoms with Gasteiger partial charge in [0.2, 0.25) is 0 Å². The topological polar surface area (TPSA) is 79.3 Å². The quantitative estimate of drug-likeness (QED) is 0.848. The summed E-state index contributed by atoms with van der Waals surface area (Å²) in [6.07, 6.45) is 1.95.